The molecule has 0 saturated carbocycles. The van der Waals surface area contributed by atoms with E-state index in [4.69, 9.17) is 9.47 Å². The monoisotopic (exact) mass is 443 g/mol. The van der Waals surface area contributed by atoms with Gasteiger partial charge in [-0.25, -0.2) is 4.98 Å². The Labute approximate surface area is 191 Å². The minimum absolute atomic E-state index is 0.0714. The number of pyridine rings is 1. The molecule has 1 amide bonds. The van der Waals surface area contributed by atoms with Gasteiger partial charge in [0.1, 0.15) is 11.9 Å². The number of aromatic nitrogens is 2. The summed E-state index contributed by atoms with van der Waals surface area (Å²) < 4.78 is 13.0. The molecular formula is C25H25N5O3. The van der Waals surface area contributed by atoms with Gasteiger partial charge in [0.2, 0.25) is 0 Å². The third-order valence-electron chi connectivity index (χ3n) is 5.32. The number of imidazole rings is 1. The highest BCUT2D eigenvalue weighted by Crippen LogP contribution is 2.30. The Kier molecular flexibility index (Phi) is 6.31. The number of fused-ring (bicyclic) bond motifs is 3. The number of hydrogen-bond acceptors (Lipinski definition) is 6. The molecule has 0 atom stereocenters. The Morgan fingerprint density at radius 2 is 2.00 bits per heavy atom. The molecule has 0 spiro atoms. The smallest absolute Gasteiger partial charge is 0.257 e. The number of rotatable bonds is 8. The zero-order valence-electron chi connectivity index (χ0n) is 18.8. The van der Waals surface area contributed by atoms with Crippen LogP contribution in [0.25, 0.3) is 16.7 Å². The van der Waals surface area contributed by atoms with Crippen molar-refractivity contribution in [2.45, 2.75) is 20.4 Å². The predicted molar refractivity (Wildman–Crippen MR) is 127 cm³/mol. The molecule has 0 bridgehead atoms. The standard InChI is InChI=1S/C25H25N5O3/c1-4-27-24(31)15-33-21-10-9-17(12-22(21)32-3)14-28-23-11-16(2)18(13-26)25-29-19-7-5-6-8-20(19)30(23)25/h5-12,28H,4,14-15H2,1-3H3,(H,27,31). The second kappa shape index (κ2) is 9.49. The van der Waals surface area contributed by atoms with Gasteiger partial charge in [0.15, 0.2) is 23.8 Å². The first-order valence-electron chi connectivity index (χ1n) is 10.7. The molecule has 4 rings (SSSR count). The Morgan fingerprint density at radius 3 is 2.76 bits per heavy atom. The second-order valence-electron chi connectivity index (χ2n) is 7.54. The minimum atomic E-state index is -0.182. The van der Waals surface area contributed by atoms with E-state index in [0.717, 1.165) is 28.0 Å². The van der Waals surface area contributed by atoms with Crippen LogP contribution in [0.15, 0.2) is 48.5 Å². The molecule has 0 aliphatic rings. The number of amides is 1. The normalized spacial score (nSPS) is 10.7. The number of ether oxygens (including phenoxy) is 2. The van der Waals surface area contributed by atoms with Crippen molar-refractivity contribution >= 4 is 28.4 Å². The number of carbonyl (C=O) groups excluding carboxylic acids is 1. The lowest BCUT2D eigenvalue weighted by molar-refractivity contribution is -0.123. The molecule has 2 heterocycles. The van der Waals surface area contributed by atoms with Gasteiger partial charge in [0, 0.05) is 13.1 Å². The summed E-state index contributed by atoms with van der Waals surface area (Å²) in [5.74, 6) is 1.71. The third-order valence-corrected chi connectivity index (χ3v) is 5.32. The Bertz CT molecular complexity index is 1370. The van der Waals surface area contributed by atoms with Crippen LogP contribution in [0.5, 0.6) is 11.5 Å². The highest BCUT2D eigenvalue weighted by molar-refractivity contribution is 5.85. The van der Waals surface area contributed by atoms with E-state index in [1.54, 1.807) is 13.2 Å². The van der Waals surface area contributed by atoms with Crippen LogP contribution in [0.1, 0.15) is 23.6 Å². The van der Waals surface area contributed by atoms with Crippen molar-refractivity contribution < 1.29 is 14.3 Å². The molecule has 8 heteroatoms. The van der Waals surface area contributed by atoms with E-state index in [-0.39, 0.29) is 12.5 Å². The molecule has 0 aliphatic carbocycles. The summed E-state index contributed by atoms with van der Waals surface area (Å²) in [5.41, 5.74) is 4.78. The van der Waals surface area contributed by atoms with Crippen molar-refractivity contribution in [1.82, 2.24) is 14.7 Å². The van der Waals surface area contributed by atoms with Crippen LogP contribution in [0.4, 0.5) is 5.82 Å². The summed E-state index contributed by atoms with van der Waals surface area (Å²) in [6, 6.07) is 17.6. The topological polar surface area (TPSA) is 101 Å². The zero-order valence-corrected chi connectivity index (χ0v) is 18.8. The molecule has 0 radical (unpaired) electrons. The number of para-hydroxylation sites is 2. The fourth-order valence-electron chi connectivity index (χ4n) is 3.75. The summed E-state index contributed by atoms with van der Waals surface area (Å²) in [5, 5.41) is 15.8. The SMILES string of the molecule is CCNC(=O)COc1ccc(CNc2cc(C)c(C#N)c3nc4ccccc4n23)cc1OC. The van der Waals surface area contributed by atoms with Gasteiger partial charge in [-0.15, -0.1) is 0 Å². The average Bonchev–Trinajstić information content (AvgIpc) is 3.21. The quantitative estimate of drug-likeness (QED) is 0.430. The predicted octanol–water partition coefficient (Wildman–Crippen LogP) is 3.80. The summed E-state index contributed by atoms with van der Waals surface area (Å²) in [7, 11) is 1.57. The van der Waals surface area contributed by atoms with Gasteiger partial charge in [-0.05, 0) is 55.3 Å². The molecule has 0 saturated heterocycles. The van der Waals surface area contributed by atoms with E-state index in [2.05, 4.69) is 21.7 Å². The van der Waals surface area contributed by atoms with Gasteiger partial charge in [0.25, 0.3) is 5.91 Å². The third kappa shape index (κ3) is 4.39. The minimum Gasteiger partial charge on any atom is -0.493 e. The fourth-order valence-corrected chi connectivity index (χ4v) is 3.75. The maximum absolute atomic E-state index is 11.7. The first kappa shape index (κ1) is 22.0. The molecule has 0 aliphatic heterocycles. The number of benzene rings is 2. The van der Waals surface area contributed by atoms with E-state index in [1.807, 2.05) is 60.7 Å². The first-order chi connectivity index (χ1) is 16.0. The Balaban J connectivity index is 1.61. The number of aryl methyl sites for hydroxylation is 1. The van der Waals surface area contributed by atoms with Gasteiger partial charge in [-0.3, -0.25) is 9.20 Å². The van der Waals surface area contributed by atoms with Gasteiger partial charge in [-0.2, -0.15) is 5.26 Å². The van der Waals surface area contributed by atoms with Gasteiger partial charge in [-0.1, -0.05) is 18.2 Å². The zero-order chi connectivity index (χ0) is 23.4. The molecular weight excluding hydrogens is 418 g/mol. The van der Waals surface area contributed by atoms with Crippen molar-refractivity contribution in [1.29, 1.82) is 5.26 Å². The molecule has 4 aromatic rings. The van der Waals surface area contributed by atoms with Crippen LogP contribution in [-0.4, -0.2) is 35.6 Å². The number of nitrogens with one attached hydrogen (secondary N) is 2. The van der Waals surface area contributed by atoms with Crippen molar-refractivity contribution in [2.24, 2.45) is 0 Å². The molecule has 2 aromatic carbocycles. The van der Waals surface area contributed by atoms with Gasteiger partial charge < -0.3 is 20.1 Å². The molecule has 33 heavy (non-hydrogen) atoms. The van der Waals surface area contributed by atoms with E-state index in [1.165, 1.54) is 0 Å². The van der Waals surface area contributed by atoms with Crippen LogP contribution >= 0.6 is 0 Å². The van der Waals surface area contributed by atoms with E-state index >= 15 is 0 Å². The first-order valence-corrected chi connectivity index (χ1v) is 10.7. The van der Waals surface area contributed by atoms with Crippen LogP contribution < -0.4 is 20.1 Å². The van der Waals surface area contributed by atoms with Gasteiger partial charge >= 0.3 is 0 Å². The highest BCUT2D eigenvalue weighted by Gasteiger charge is 2.15. The number of likely N-dealkylation sites (N-methyl/N-ethyl adjacent to an activating group) is 1. The molecule has 2 N–H and O–H groups in total. The number of anilines is 1. The summed E-state index contributed by atoms with van der Waals surface area (Å²) in [6.07, 6.45) is 0. The van der Waals surface area contributed by atoms with E-state index in [9.17, 15) is 10.1 Å². The summed E-state index contributed by atoms with van der Waals surface area (Å²) in [4.78, 5) is 16.4. The summed E-state index contributed by atoms with van der Waals surface area (Å²) in [6.45, 7) is 4.76. The molecule has 168 valence electrons. The van der Waals surface area contributed by atoms with E-state index in [0.29, 0.717) is 35.8 Å². The molecule has 8 nitrogen and oxygen atoms in total. The second-order valence-corrected chi connectivity index (χ2v) is 7.54. The van der Waals surface area contributed by atoms with Crippen molar-refractivity contribution in [3.63, 3.8) is 0 Å². The summed E-state index contributed by atoms with van der Waals surface area (Å²) >= 11 is 0. The molecule has 0 unspecified atom stereocenters. The number of nitriles is 1. The van der Waals surface area contributed by atoms with Crippen LogP contribution in [0, 0.1) is 18.3 Å². The van der Waals surface area contributed by atoms with E-state index < -0.39 is 0 Å². The molecule has 2 aromatic heterocycles. The Hall–Kier alpha value is -4.25. The number of nitrogens with zero attached hydrogens (tertiary/aromatic N) is 3. The van der Waals surface area contributed by atoms with Crippen molar-refractivity contribution in [3.05, 3.63) is 65.2 Å². The number of hydrogen-bond donors (Lipinski definition) is 2. The fraction of sp³-hybridized carbons (Fsp3) is 0.240. The van der Waals surface area contributed by atoms with Crippen molar-refractivity contribution in [2.75, 3.05) is 25.6 Å². The van der Waals surface area contributed by atoms with Crippen molar-refractivity contribution in [3.8, 4) is 17.6 Å². The maximum atomic E-state index is 11.7. The van der Waals surface area contributed by atoms with Crippen LogP contribution in [0.2, 0.25) is 0 Å². The van der Waals surface area contributed by atoms with Gasteiger partial charge in [0.05, 0.1) is 23.7 Å². The highest BCUT2D eigenvalue weighted by atomic mass is 16.5. The van der Waals surface area contributed by atoms with Crippen LogP contribution in [-0.2, 0) is 11.3 Å². The number of methoxy groups -OCH3 is 1. The lowest BCUT2D eigenvalue weighted by Crippen LogP contribution is -2.28. The largest absolute Gasteiger partial charge is 0.493 e. The molecule has 0 fully saturated rings. The lowest BCUT2D eigenvalue weighted by Gasteiger charge is -2.14. The maximum Gasteiger partial charge on any atom is 0.257 e. The Morgan fingerprint density at radius 1 is 1.18 bits per heavy atom. The lowest BCUT2D eigenvalue weighted by atomic mass is 10.1. The average molecular weight is 444 g/mol. The van der Waals surface area contributed by atoms with Crippen LogP contribution in [0.3, 0.4) is 0 Å². The number of carbonyl (C=O) groups is 1.